The monoisotopic (exact) mass is 476 g/mol. The summed E-state index contributed by atoms with van der Waals surface area (Å²) >= 11 is 0. The molecule has 0 aliphatic carbocycles. The van der Waals surface area contributed by atoms with Crippen molar-refractivity contribution in [2.24, 2.45) is 0 Å². The van der Waals surface area contributed by atoms with Crippen molar-refractivity contribution >= 4 is 26.8 Å². The Morgan fingerprint density at radius 1 is 0.912 bits per heavy atom. The number of carbonyl (C=O) groups excluding carboxylic acids is 1. The van der Waals surface area contributed by atoms with E-state index < -0.39 is 15.8 Å². The molecule has 0 atom stereocenters. The van der Waals surface area contributed by atoms with E-state index in [1.807, 2.05) is 36.4 Å². The smallest absolute Gasteiger partial charge is 0.254 e. The van der Waals surface area contributed by atoms with Gasteiger partial charge in [-0.05, 0) is 48.5 Å². The van der Waals surface area contributed by atoms with Gasteiger partial charge >= 0.3 is 0 Å². The van der Waals surface area contributed by atoms with Crippen molar-refractivity contribution in [2.45, 2.75) is 4.90 Å². The van der Waals surface area contributed by atoms with E-state index >= 15 is 0 Å². The molecule has 4 aromatic rings. The Morgan fingerprint density at radius 2 is 1.65 bits per heavy atom. The number of piperazine rings is 1. The van der Waals surface area contributed by atoms with Crippen molar-refractivity contribution in [3.63, 3.8) is 0 Å². The maximum Gasteiger partial charge on any atom is 0.254 e. The summed E-state index contributed by atoms with van der Waals surface area (Å²) in [5, 5.41) is 0.738. The molecule has 1 amide bonds. The number of para-hydroxylation sites is 1. The van der Waals surface area contributed by atoms with E-state index in [0.29, 0.717) is 16.8 Å². The van der Waals surface area contributed by atoms with Gasteiger partial charge in [0.25, 0.3) is 5.91 Å². The first-order valence-electron chi connectivity index (χ1n) is 10.8. The molecule has 0 saturated carbocycles. The van der Waals surface area contributed by atoms with Crippen molar-refractivity contribution in [2.75, 3.05) is 26.2 Å². The van der Waals surface area contributed by atoms with E-state index in [9.17, 15) is 17.6 Å². The second-order valence-electron chi connectivity index (χ2n) is 7.96. The summed E-state index contributed by atoms with van der Waals surface area (Å²) in [6.07, 6.45) is 3.38. The number of pyridine rings is 2. The summed E-state index contributed by atoms with van der Waals surface area (Å²) in [7, 11) is -3.76. The van der Waals surface area contributed by atoms with Crippen LogP contribution in [0.5, 0.6) is 0 Å². The van der Waals surface area contributed by atoms with Gasteiger partial charge < -0.3 is 4.90 Å². The Balaban J connectivity index is 1.41. The normalized spacial score (nSPS) is 14.9. The number of benzene rings is 2. The molecule has 7 nitrogen and oxygen atoms in total. The van der Waals surface area contributed by atoms with Crippen LogP contribution in [0, 0.1) is 5.82 Å². The highest BCUT2D eigenvalue weighted by Gasteiger charge is 2.31. The largest absolute Gasteiger partial charge is 0.336 e. The van der Waals surface area contributed by atoms with Crippen molar-refractivity contribution < 1.29 is 17.6 Å². The third kappa shape index (κ3) is 4.15. The number of nitrogens with zero attached hydrogens (tertiary/aromatic N) is 4. The van der Waals surface area contributed by atoms with Gasteiger partial charge in [0.2, 0.25) is 10.0 Å². The maximum absolute atomic E-state index is 13.5. The Kier molecular flexibility index (Phi) is 5.80. The fourth-order valence-electron chi connectivity index (χ4n) is 4.07. The minimum absolute atomic E-state index is 0.0370. The highest BCUT2D eigenvalue weighted by molar-refractivity contribution is 7.89. The van der Waals surface area contributed by atoms with Gasteiger partial charge in [-0.1, -0.05) is 18.2 Å². The zero-order valence-corrected chi connectivity index (χ0v) is 19.0. The molecule has 1 saturated heterocycles. The quantitative estimate of drug-likeness (QED) is 0.450. The predicted octanol–water partition coefficient (Wildman–Crippen LogP) is 3.58. The van der Waals surface area contributed by atoms with Crippen LogP contribution in [-0.2, 0) is 10.0 Å². The lowest BCUT2D eigenvalue weighted by molar-refractivity contribution is 0.0700. The summed E-state index contributed by atoms with van der Waals surface area (Å²) in [6.45, 7) is 0.810. The lowest BCUT2D eigenvalue weighted by Crippen LogP contribution is -2.50. The number of rotatable bonds is 4. The Hall–Kier alpha value is -3.69. The molecular weight excluding hydrogens is 455 g/mol. The van der Waals surface area contributed by atoms with Gasteiger partial charge in [0.05, 0.1) is 21.7 Å². The molecule has 1 fully saturated rings. The number of hydrogen-bond donors (Lipinski definition) is 0. The second-order valence-corrected chi connectivity index (χ2v) is 9.90. The van der Waals surface area contributed by atoms with Crippen molar-refractivity contribution in [1.29, 1.82) is 0 Å². The molecule has 1 aliphatic rings. The molecule has 0 N–H and O–H groups in total. The average Bonchev–Trinajstić information content (AvgIpc) is 2.88. The molecule has 0 unspecified atom stereocenters. The van der Waals surface area contributed by atoms with E-state index in [2.05, 4.69) is 4.98 Å². The van der Waals surface area contributed by atoms with E-state index in [1.54, 1.807) is 23.4 Å². The molecule has 2 aromatic carbocycles. The number of fused-ring (bicyclic) bond motifs is 1. The van der Waals surface area contributed by atoms with Crippen LogP contribution < -0.4 is 0 Å². The van der Waals surface area contributed by atoms with Gasteiger partial charge in [0.1, 0.15) is 5.82 Å². The first-order chi connectivity index (χ1) is 16.4. The SMILES string of the molecule is O=C(c1cc(-c2cccnc2)nc2ccccc12)N1CCN(S(=O)(=O)c2ccc(F)cc2)CC1. The van der Waals surface area contributed by atoms with E-state index in [4.69, 9.17) is 4.98 Å². The van der Waals surface area contributed by atoms with Crippen LogP contribution >= 0.6 is 0 Å². The molecule has 5 rings (SSSR count). The summed E-state index contributed by atoms with van der Waals surface area (Å²) < 4.78 is 40.3. The van der Waals surface area contributed by atoms with E-state index in [1.165, 1.54) is 16.4 Å². The lowest BCUT2D eigenvalue weighted by Gasteiger charge is -2.34. The highest BCUT2D eigenvalue weighted by atomic mass is 32.2. The minimum atomic E-state index is -3.76. The minimum Gasteiger partial charge on any atom is -0.336 e. The third-order valence-corrected chi connectivity index (χ3v) is 7.79. The predicted molar refractivity (Wildman–Crippen MR) is 126 cm³/mol. The Bertz CT molecular complexity index is 1450. The number of carbonyl (C=O) groups is 1. The summed E-state index contributed by atoms with van der Waals surface area (Å²) in [5.74, 6) is -0.674. The van der Waals surface area contributed by atoms with Crippen molar-refractivity contribution in [3.8, 4) is 11.3 Å². The summed E-state index contributed by atoms with van der Waals surface area (Å²) in [6, 6.07) is 17.7. The molecule has 2 aromatic heterocycles. The maximum atomic E-state index is 13.5. The standard InChI is InChI=1S/C25H21FN4O3S/c26-19-7-9-20(10-8-19)34(32,33)30-14-12-29(13-15-30)25(31)22-16-24(18-4-3-11-27-17-18)28-23-6-2-1-5-21(22)23/h1-11,16-17H,12-15H2. The van der Waals surface area contributed by atoms with Crippen LogP contribution in [0.15, 0.2) is 84.0 Å². The van der Waals surface area contributed by atoms with Crippen molar-refractivity contribution in [3.05, 3.63) is 90.5 Å². The van der Waals surface area contributed by atoms with Crippen LogP contribution in [0.4, 0.5) is 4.39 Å². The Labute approximate surface area is 196 Å². The van der Waals surface area contributed by atoms with Crippen LogP contribution in [0.2, 0.25) is 0 Å². The molecule has 34 heavy (non-hydrogen) atoms. The van der Waals surface area contributed by atoms with Crippen LogP contribution in [-0.4, -0.2) is 59.7 Å². The molecule has 0 radical (unpaired) electrons. The van der Waals surface area contributed by atoms with Gasteiger partial charge in [-0.2, -0.15) is 4.31 Å². The van der Waals surface area contributed by atoms with Crippen LogP contribution in [0.3, 0.4) is 0 Å². The lowest BCUT2D eigenvalue weighted by atomic mass is 10.0. The van der Waals surface area contributed by atoms with Gasteiger partial charge in [-0.3, -0.25) is 9.78 Å². The van der Waals surface area contributed by atoms with Gasteiger partial charge in [0.15, 0.2) is 0 Å². The summed E-state index contributed by atoms with van der Waals surface area (Å²) in [4.78, 5) is 24.1. The van der Waals surface area contributed by atoms with Gasteiger partial charge in [-0.15, -0.1) is 0 Å². The number of halogens is 1. The molecule has 172 valence electrons. The number of hydrogen-bond acceptors (Lipinski definition) is 5. The average molecular weight is 477 g/mol. The highest BCUT2D eigenvalue weighted by Crippen LogP contribution is 2.26. The van der Waals surface area contributed by atoms with E-state index in [-0.39, 0.29) is 37.0 Å². The number of sulfonamides is 1. The van der Waals surface area contributed by atoms with Crippen molar-refractivity contribution in [1.82, 2.24) is 19.2 Å². The zero-order valence-electron chi connectivity index (χ0n) is 18.1. The van der Waals surface area contributed by atoms with Gasteiger partial charge in [0, 0.05) is 49.5 Å². The first-order valence-corrected chi connectivity index (χ1v) is 12.2. The molecule has 9 heteroatoms. The Morgan fingerprint density at radius 3 is 2.35 bits per heavy atom. The molecule has 0 spiro atoms. The number of amides is 1. The molecular formula is C25H21FN4O3S. The van der Waals surface area contributed by atoms with Crippen LogP contribution in [0.1, 0.15) is 10.4 Å². The number of aromatic nitrogens is 2. The zero-order chi connectivity index (χ0) is 23.7. The van der Waals surface area contributed by atoms with Crippen LogP contribution in [0.25, 0.3) is 22.2 Å². The topological polar surface area (TPSA) is 83.5 Å². The third-order valence-electron chi connectivity index (χ3n) is 5.88. The fourth-order valence-corrected chi connectivity index (χ4v) is 5.49. The van der Waals surface area contributed by atoms with E-state index in [0.717, 1.165) is 23.1 Å². The molecule has 0 bridgehead atoms. The first kappa shape index (κ1) is 22.1. The molecule has 1 aliphatic heterocycles. The second kappa shape index (κ2) is 8.92. The molecule has 3 heterocycles. The summed E-state index contributed by atoms with van der Waals surface area (Å²) in [5.41, 5.74) is 2.66. The van der Waals surface area contributed by atoms with Gasteiger partial charge in [-0.25, -0.2) is 17.8 Å². The fraction of sp³-hybridized carbons (Fsp3) is 0.160.